The predicted octanol–water partition coefficient (Wildman–Crippen LogP) is 1.55. The molecule has 134 valence electrons. The van der Waals surface area contributed by atoms with E-state index in [1.54, 1.807) is 0 Å². The van der Waals surface area contributed by atoms with Crippen molar-refractivity contribution in [3.63, 3.8) is 0 Å². The van der Waals surface area contributed by atoms with Crippen molar-refractivity contribution in [2.45, 2.75) is 31.6 Å². The zero-order valence-electron chi connectivity index (χ0n) is 14.7. The lowest BCUT2D eigenvalue weighted by Gasteiger charge is -2.37. The third-order valence-electron chi connectivity index (χ3n) is 5.68. The summed E-state index contributed by atoms with van der Waals surface area (Å²) in [6.45, 7) is 7.29. The van der Waals surface area contributed by atoms with Gasteiger partial charge in [-0.3, -0.25) is 4.90 Å². The number of nitrogens with zero attached hydrogens (tertiary/aromatic N) is 6. The molecular formula is C18H26N6O. The molecule has 4 heterocycles. The number of anilines is 1. The standard InChI is InChI=1S/C18H26N6O/c1-2-14(12-22-8-10-25-11-9-22)13-23(7-1)17-6-5-16-19-20-18(15-3-4-15)24(16)21-17/h5-6,14-15H,1-4,7-13H2. The van der Waals surface area contributed by atoms with Crippen molar-refractivity contribution in [3.05, 3.63) is 18.0 Å². The molecule has 5 rings (SSSR count). The average Bonchev–Trinajstić information content (AvgIpc) is 3.41. The van der Waals surface area contributed by atoms with Gasteiger partial charge in [-0.2, -0.15) is 4.52 Å². The van der Waals surface area contributed by atoms with Crippen LogP contribution in [0.25, 0.3) is 5.65 Å². The van der Waals surface area contributed by atoms with Crippen LogP contribution < -0.4 is 4.90 Å². The van der Waals surface area contributed by atoms with Crippen molar-refractivity contribution in [3.8, 4) is 0 Å². The number of aromatic nitrogens is 4. The zero-order valence-corrected chi connectivity index (χ0v) is 14.7. The number of morpholine rings is 1. The first-order valence-electron chi connectivity index (χ1n) is 9.64. The van der Waals surface area contributed by atoms with Crippen LogP contribution in [0.4, 0.5) is 5.82 Å². The topological polar surface area (TPSA) is 58.8 Å². The maximum absolute atomic E-state index is 5.47. The molecule has 2 aromatic heterocycles. The number of ether oxygens (including phenoxy) is 1. The molecule has 0 radical (unpaired) electrons. The highest BCUT2D eigenvalue weighted by atomic mass is 16.5. The van der Waals surface area contributed by atoms with Gasteiger partial charge in [0.25, 0.3) is 0 Å². The van der Waals surface area contributed by atoms with Gasteiger partial charge in [0.2, 0.25) is 0 Å². The second-order valence-corrected chi connectivity index (χ2v) is 7.66. The van der Waals surface area contributed by atoms with E-state index in [0.717, 1.165) is 56.7 Å². The van der Waals surface area contributed by atoms with Gasteiger partial charge in [0.1, 0.15) is 5.82 Å². The van der Waals surface area contributed by atoms with Crippen molar-refractivity contribution in [1.82, 2.24) is 24.7 Å². The molecule has 2 aliphatic heterocycles. The van der Waals surface area contributed by atoms with Crippen molar-refractivity contribution >= 4 is 11.5 Å². The molecule has 1 saturated carbocycles. The van der Waals surface area contributed by atoms with Gasteiger partial charge in [-0.25, -0.2) is 0 Å². The Hall–Kier alpha value is -1.73. The molecule has 1 unspecified atom stereocenters. The van der Waals surface area contributed by atoms with Crippen LogP contribution in [-0.2, 0) is 4.74 Å². The van der Waals surface area contributed by atoms with Crippen molar-refractivity contribution in [2.24, 2.45) is 5.92 Å². The smallest absolute Gasteiger partial charge is 0.178 e. The van der Waals surface area contributed by atoms with E-state index in [1.807, 2.05) is 4.52 Å². The van der Waals surface area contributed by atoms with E-state index < -0.39 is 0 Å². The fourth-order valence-corrected chi connectivity index (χ4v) is 4.13. The van der Waals surface area contributed by atoms with Gasteiger partial charge >= 0.3 is 0 Å². The summed E-state index contributed by atoms with van der Waals surface area (Å²) in [5.74, 6) is 3.39. The molecule has 0 bridgehead atoms. The summed E-state index contributed by atoms with van der Waals surface area (Å²) in [7, 11) is 0. The first-order chi connectivity index (χ1) is 12.4. The highest BCUT2D eigenvalue weighted by Crippen LogP contribution is 2.38. The van der Waals surface area contributed by atoms with Crippen LogP contribution in [0.1, 0.15) is 37.4 Å². The van der Waals surface area contributed by atoms with Crippen molar-refractivity contribution in [2.75, 3.05) is 50.8 Å². The quantitative estimate of drug-likeness (QED) is 0.840. The monoisotopic (exact) mass is 342 g/mol. The van der Waals surface area contributed by atoms with Gasteiger partial charge in [0, 0.05) is 38.6 Å². The summed E-state index contributed by atoms with van der Waals surface area (Å²) in [4.78, 5) is 5.00. The lowest BCUT2D eigenvalue weighted by atomic mass is 9.97. The van der Waals surface area contributed by atoms with Crippen LogP contribution in [0.5, 0.6) is 0 Å². The maximum atomic E-state index is 5.47. The SMILES string of the molecule is c1cc2nnc(C3CC3)n2nc1N1CCCC(CN2CCOCC2)C1. The number of fused-ring (bicyclic) bond motifs is 1. The Morgan fingerprint density at radius 3 is 2.76 bits per heavy atom. The fraction of sp³-hybridized carbons (Fsp3) is 0.722. The van der Waals surface area contributed by atoms with E-state index in [0.29, 0.717) is 11.8 Å². The molecule has 3 fully saturated rings. The molecule has 25 heavy (non-hydrogen) atoms. The molecule has 7 nitrogen and oxygen atoms in total. The summed E-state index contributed by atoms with van der Waals surface area (Å²) in [5.41, 5.74) is 0.868. The van der Waals surface area contributed by atoms with E-state index in [2.05, 4.69) is 32.1 Å². The van der Waals surface area contributed by atoms with E-state index >= 15 is 0 Å². The van der Waals surface area contributed by atoms with E-state index in [9.17, 15) is 0 Å². The minimum atomic E-state index is 0.563. The molecule has 7 heteroatoms. The van der Waals surface area contributed by atoms with Crippen LogP contribution in [-0.4, -0.2) is 70.6 Å². The highest BCUT2D eigenvalue weighted by molar-refractivity contribution is 5.46. The van der Waals surface area contributed by atoms with Gasteiger partial charge in [0.05, 0.1) is 13.2 Å². The van der Waals surface area contributed by atoms with Gasteiger partial charge in [-0.15, -0.1) is 15.3 Å². The minimum Gasteiger partial charge on any atom is -0.379 e. The molecular weight excluding hydrogens is 316 g/mol. The largest absolute Gasteiger partial charge is 0.379 e. The molecule has 2 saturated heterocycles. The zero-order chi connectivity index (χ0) is 16.6. The van der Waals surface area contributed by atoms with Gasteiger partial charge in [0.15, 0.2) is 11.5 Å². The third-order valence-corrected chi connectivity index (χ3v) is 5.68. The van der Waals surface area contributed by atoms with E-state index in [-0.39, 0.29) is 0 Å². The summed E-state index contributed by atoms with van der Waals surface area (Å²) in [5, 5.41) is 13.5. The molecule has 3 aliphatic rings. The summed E-state index contributed by atoms with van der Waals surface area (Å²) in [6.07, 6.45) is 5.00. The number of rotatable bonds is 4. The molecule has 1 aliphatic carbocycles. The maximum Gasteiger partial charge on any atom is 0.178 e. The number of piperidine rings is 1. The molecule has 1 atom stereocenters. The lowest BCUT2D eigenvalue weighted by Crippen LogP contribution is -2.44. The average molecular weight is 342 g/mol. The fourth-order valence-electron chi connectivity index (χ4n) is 4.13. The lowest BCUT2D eigenvalue weighted by molar-refractivity contribution is 0.0296. The van der Waals surface area contributed by atoms with Gasteiger partial charge in [-0.1, -0.05) is 0 Å². The normalized spacial score (nSPS) is 25.6. The summed E-state index contributed by atoms with van der Waals surface area (Å²) < 4.78 is 7.44. The highest BCUT2D eigenvalue weighted by Gasteiger charge is 2.30. The first kappa shape index (κ1) is 15.5. The van der Waals surface area contributed by atoms with Crippen LogP contribution in [0.2, 0.25) is 0 Å². The Labute approximate surface area is 148 Å². The van der Waals surface area contributed by atoms with Gasteiger partial charge < -0.3 is 9.64 Å². The van der Waals surface area contributed by atoms with Crippen LogP contribution in [0, 0.1) is 5.92 Å². The van der Waals surface area contributed by atoms with Crippen molar-refractivity contribution < 1.29 is 4.74 Å². The van der Waals surface area contributed by atoms with E-state index in [1.165, 1.54) is 32.2 Å². The minimum absolute atomic E-state index is 0.563. The third kappa shape index (κ3) is 3.22. The molecule has 0 aromatic carbocycles. The Bertz CT molecular complexity index is 736. The molecule has 2 aromatic rings. The van der Waals surface area contributed by atoms with Crippen LogP contribution in [0.15, 0.2) is 12.1 Å². The van der Waals surface area contributed by atoms with Crippen molar-refractivity contribution in [1.29, 1.82) is 0 Å². The Morgan fingerprint density at radius 2 is 1.92 bits per heavy atom. The summed E-state index contributed by atoms with van der Waals surface area (Å²) in [6, 6.07) is 4.17. The number of hydrogen-bond donors (Lipinski definition) is 0. The molecule has 0 amide bonds. The second-order valence-electron chi connectivity index (χ2n) is 7.66. The second kappa shape index (κ2) is 6.53. The molecule has 0 N–H and O–H groups in total. The Kier molecular flexibility index (Phi) is 4.06. The predicted molar refractivity (Wildman–Crippen MR) is 95.0 cm³/mol. The van der Waals surface area contributed by atoms with Crippen LogP contribution in [0.3, 0.4) is 0 Å². The number of hydrogen-bond acceptors (Lipinski definition) is 6. The van der Waals surface area contributed by atoms with Gasteiger partial charge in [-0.05, 0) is 43.7 Å². The summed E-state index contributed by atoms with van der Waals surface area (Å²) >= 11 is 0. The van der Waals surface area contributed by atoms with E-state index in [4.69, 9.17) is 9.84 Å². The molecule has 0 spiro atoms. The Balaban J connectivity index is 1.31. The first-order valence-corrected chi connectivity index (χ1v) is 9.64. The van der Waals surface area contributed by atoms with Crippen LogP contribution >= 0.6 is 0 Å². The Morgan fingerprint density at radius 1 is 1.04 bits per heavy atom.